The number of alkyl carbamates (subject to hydrolysis) is 1. The van der Waals surface area contributed by atoms with Crippen LogP contribution in [0.15, 0.2) is 12.1 Å². The van der Waals surface area contributed by atoms with Crippen LogP contribution in [0.3, 0.4) is 0 Å². The maximum Gasteiger partial charge on any atom is 0.505 e. The second-order valence-corrected chi connectivity index (χ2v) is 13.2. The highest BCUT2D eigenvalue weighted by Crippen LogP contribution is 2.40. The lowest BCUT2D eigenvalue weighted by molar-refractivity contribution is 0.00578. The van der Waals surface area contributed by atoms with Crippen LogP contribution in [0.2, 0.25) is 0 Å². The molecule has 2 amide bonds. The van der Waals surface area contributed by atoms with Crippen molar-refractivity contribution in [3.8, 4) is 5.75 Å². The summed E-state index contributed by atoms with van der Waals surface area (Å²) in [6.45, 7) is 15.4. The van der Waals surface area contributed by atoms with Crippen molar-refractivity contribution < 1.29 is 32.8 Å². The van der Waals surface area contributed by atoms with Crippen molar-refractivity contribution in [2.75, 3.05) is 20.2 Å². The SMILES string of the molecule is COc1cc(C(=O)N2C[C@H](F)C[C@@H](NC(=O)OC(C)(C)C)C2)cc2sc(B3OC(C)(C)C(C)(C)O3)c(C)c12. The summed E-state index contributed by atoms with van der Waals surface area (Å²) in [5, 5.41) is 3.60. The Hall–Kier alpha value is -2.37. The van der Waals surface area contributed by atoms with Gasteiger partial charge in [0.15, 0.2) is 0 Å². The molecule has 2 fully saturated rings. The predicted molar refractivity (Wildman–Crippen MR) is 147 cm³/mol. The predicted octanol–water partition coefficient (Wildman–Crippen LogP) is 4.59. The number of methoxy groups -OCH3 is 1. The van der Waals surface area contributed by atoms with Crippen molar-refractivity contribution >= 4 is 45.3 Å². The minimum absolute atomic E-state index is 0.0473. The summed E-state index contributed by atoms with van der Waals surface area (Å²) in [4.78, 5) is 27.2. The van der Waals surface area contributed by atoms with Crippen LogP contribution in [-0.4, -0.2) is 73.2 Å². The van der Waals surface area contributed by atoms with Gasteiger partial charge in [0, 0.05) is 33.4 Å². The number of halogens is 1. The van der Waals surface area contributed by atoms with E-state index in [1.807, 2.05) is 40.7 Å². The van der Waals surface area contributed by atoms with Crippen LogP contribution in [0.5, 0.6) is 5.75 Å². The average molecular weight is 548 g/mol. The highest BCUT2D eigenvalue weighted by atomic mass is 32.1. The zero-order valence-electron chi connectivity index (χ0n) is 23.7. The summed E-state index contributed by atoms with van der Waals surface area (Å²) in [7, 11) is 1.03. The fourth-order valence-corrected chi connectivity index (χ4v) is 6.01. The van der Waals surface area contributed by atoms with Crippen LogP contribution in [0.1, 0.15) is 70.8 Å². The lowest BCUT2D eigenvalue weighted by Gasteiger charge is -2.35. The summed E-state index contributed by atoms with van der Waals surface area (Å²) in [6, 6.07) is 2.95. The maximum absolute atomic E-state index is 14.7. The number of hydrogen-bond donors (Lipinski definition) is 1. The first kappa shape index (κ1) is 28.6. The van der Waals surface area contributed by atoms with Gasteiger partial charge in [-0.2, -0.15) is 0 Å². The van der Waals surface area contributed by atoms with Crippen molar-refractivity contribution in [1.82, 2.24) is 10.2 Å². The van der Waals surface area contributed by atoms with E-state index in [-0.39, 0.29) is 25.4 Å². The van der Waals surface area contributed by atoms with Crippen molar-refractivity contribution in [1.29, 1.82) is 0 Å². The molecule has 0 spiro atoms. The first-order chi connectivity index (χ1) is 17.5. The van der Waals surface area contributed by atoms with E-state index in [0.717, 1.165) is 20.4 Å². The van der Waals surface area contributed by atoms with Gasteiger partial charge < -0.3 is 29.0 Å². The number of thiophene rings is 1. The van der Waals surface area contributed by atoms with Crippen LogP contribution in [-0.2, 0) is 14.0 Å². The number of hydrogen-bond acceptors (Lipinski definition) is 7. The Morgan fingerprint density at radius 1 is 1.16 bits per heavy atom. The summed E-state index contributed by atoms with van der Waals surface area (Å²) < 4.78 is 40.0. The number of piperidine rings is 1. The Kier molecular flexibility index (Phi) is 7.53. The largest absolute Gasteiger partial charge is 0.505 e. The van der Waals surface area contributed by atoms with Crippen molar-refractivity contribution in [2.45, 2.75) is 90.8 Å². The molecule has 0 unspecified atom stereocenters. The van der Waals surface area contributed by atoms with Gasteiger partial charge in [0.1, 0.15) is 17.5 Å². The molecule has 0 bridgehead atoms. The van der Waals surface area contributed by atoms with Gasteiger partial charge >= 0.3 is 13.2 Å². The lowest BCUT2D eigenvalue weighted by atomic mass is 9.84. The highest BCUT2D eigenvalue weighted by molar-refractivity contribution is 7.28. The van der Waals surface area contributed by atoms with Crippen LogP contribution in [0.4, 0.5) is 9.18 Å². The Morgan fingerprint density at radius 2 is 1.79 bits per heavy atom. The molecule has 38 heavy (non-hydrogen) atoms. The lowest BCUT2D eigenvalue weighted by Crippen LogP contribution is -2.54. The highest BCUT2D eigenvalue weighted by Gasteiger charge is 2.52. The monoisotopic (exact) mass is 548 g/mol. The fraction of sp³-hybridized carbons (Fsp3) is 0.630. The first-order valence-electron chi connectivity index (χ1n) is 12.9. The van der Waals surface area contributed by atoms with Crippen LogP contribution in [0, 0.1) is 6.92 Å². The number of likely N-dealkylation sites (tertiary alicyclic amines) is 1. The second-order valence-electron chi connectivity index (χ2n) is 12.1. The van der Waals surface area contributed by atoms with Crippen molar-refractivity contribution in [3.05, 3.63) is 23.3 Å². The quantitative estimate of drug-likeness (QED) is 0.563. The van der Waals surface area contributed by atoms with Gasteiger partial charge in [0.25, 0.3) is 5.91 Å². The Labute approximate surface area is 228 Å². The summed E-state index contributed by atoms with van der Waals surface area (Å²) in [6.07, 6.45) is -1.78. The van der Waals surface area contributed by atoms with E-state index in [4.69, 9.17) is 18.8 Å². The standard InChI is InChI=1S/C27H38BFN2O6S/c1-15-21-19(34-9)10-16(11-20(21)38-22(15)28-36-26(5,6)27(7,8)37-28)23(32)31-13-17(29)12-18(14-31)30-24(33)35-25(2,3)4/h10-11,17-18H,12-14H2,1-9H3,(H,30,33)/t17-,18-/m1/s1. The van der Waals surface area contributed by atoms with Gasteiger partial charge in [0.05, 0.1) is 30.9 Å². The van der Waals surface area contributed by atoms with Gasteiger partial charge in [-0.15, -0.1) is 11.3 Å². The third-order valence-electron chi connectivity index (χ3n) is 7.37. The van der Waals surface area contributed by atoms with Gasteiger partial charge in [-0.05, 0) is 73.1 Å². The molecule has 2 aromatic rings. The number of fused-ring (bicyclic) bond motifs is 1. The molecule has 2 aliphatic rings. The molecule has 0 saturated carbocycles. The molecule has 4 rings (SSSR count). The number of alkyl halides is 1. The molecule has 208 valence electrons. The Balaban J connectivity index is 1.60. The minimum Gasteiger partial charge on any atom is -0.496 e. The molecular formula is C27H38BFN2O6S. The van der Waals surface area contributed by atoms with Gasteiger partial charge in [-0.3, -0.25) is 4.79 Å². The number of amides is 2. The Morgan fingerprint density at radius 3 is 2.37 bits per heavy atom. The summed E-state index contributed by atoms with van der Waals surface area (Å²) in [5.74, 6) is 0.228. The third kappa shape index (κ3) is 5.65. The first-order valence-corrected chi connectivity index (χ1v) is 13.7. The molecule has 2 saturated heterocycles. The van der Waals surface area contributed by atoms with Crippen LogP contribution in [0.25, 0.3) is 10.1 Å². The summed E-state index contributed by atoms with van der Waals surface area (Å²) in [5.41, 5.74) is -0.268. The molecule has 3 heterocycles. The molecule has 0 radical (unpaired) electrons. The van der Waals surface area contributed by atoms with E-state index >= 15 is 0 Å². The van der Waals surface area contributed by atoms with Crippen molar-refractivity contribution in [2.24, 2.45) is 0 Å². The number of benzene rings is 1. The number of rotatable bonds is 4. The summed E-state index contributed by atoms with van der Waals surface area (Å²) >= 11 is 1.50. The number of aryl methyl sites for hydroxylation is 1. The van der Waals surface area contributed by atoms with E-state index in [0.29, 0.717) is 11.3 Å². The average Bonchev–Trinajstić information content (AvgIpc) is 3.22. The molecular weight excluding hydrogens is 510 g/mol. The number of carbonyl (C=O) groups is 2. The van der Waals surface area contributed by atoms with Gasteiger partial charge in [0.2, 0.25) is 0 Å². The van der Waals surface area contributed by atoms with Gasteiger partial charge in [-0.25, -0.2) is 9.18 Å². The Bertz CT molecular complexity index is 1220. The van der Waals surface area contributed by atoms with E-state index in [2.05, 4.69) is 5.32 Å². The molecule has 8 nitrogen and oxygen atoms in total. The third-order valence-corrected chi connectivity index (χ3v) is 8.63. The topological polar surface area (TPSA) is 86.3 Å². The van der Waals surface area contributed by atoms with Crippen LogP contribution < -0.4 is 14.8 Å². The molecule has 2 atom stereocenters. The molecule has 1 aromatic carbocycles. The fourth-order valence-electron chi connectivity index (χ4n) is 4.78. The molecule has 0 aliphatic carbocycles. The number of nitrogens with one attached hydrogen (secondary N) is 1. The zero-order valence-corrected chi connectivity index (χ0v) is 24.5. The number of carbonyl (C=O) groups excluding carboxylic acids is 2. The minimum atomic E-state index is -1.27. The van der Waals surface area contributed by atoms with E-state index < -0.39 is 42.2 Å². The van der Waals surface area contributed by atoms with Gasteiger partial charge in [-0.1, -0.05) is 0 Å². The molecule has 1 N–H and O–H groups in total. The van der Waals surface area contributed by atoms with Crippen LogP contribution >= 0.6 is 11.3 Å². The number of ether oxygens (including phenoxy) is 2. The van der Waals surface area contributed by atoms with E-state index in [9.17, 15) is 14.0 Å². The normalized spacial score (nSPS) is 23.0. The maximum atomic E-state index is 14.7. The number of nitrogens with zero attached hydrogens (tertiary/aromatic N) is 1. The molecule has 11 heteroatoms. The smallest absolute Gasteiger partial charge is 0.496 e. The zero-order chi connectivity index (χ0) is 28.2. The molecule has 1 aromatic heterocycles. The molecule has 2 aliphatic heterocycles. The van der Waals surface area contributed by atoms with Crippen molar-refractivity contribution in [3.63, 3.8) is 0 Å². The van der Waals surface area contributed by atoms with E-state index in [1.54, 1.807) is 33.9 Å². The second kappa shape index (κ2) is 9.99. The van der Waals surface area contributed by atoms with E-state index in [1.165, 1.54) is 16.2 Å².